The maximum Gasteiger partial charge on any atom is 0.243 e. The molecule has 0 saturated carbocycles. The van der Waals surface area contributed by atoms with Crippen LogP contribution in [0.3, 0.4) is 0 Å². The van der Waals surface area contributed by atoms with Crippen molar-refractivity contribution in [2.45, 2.75) is 29.2 Å². The molecule has 1 saturated heterocycles. The molecule has 1 spiro atoms. The molecule has 1 atom stereocenters. The summed E-state index contributed by atoms with van der Waals surface area (Å²) in [6.07, 6.45) is 1.39. The van der Waals surface area contributed by atoms with Gasteiger partial charge < -0.3 is 24.5 Å². The summed E-state index contributed by atoms with van der Waals surface area (Å²) < 4.78 is 41.1. The predicted molar refractivity (Wildman–Crippen MR) is 130 cm³/mol. The molecule has 2 aromatic carbocycles. The van der Waals surface area contributed by atoms with Crippen molar-refractivity contribution in [2.75, 3.05) is 40.5 Å². The van der Waals surface area contributed by atoms with E-state index in [1.165, 1.54) is 12.7 Å². The van der Waals surface area contributed by atoms with Crippen molar-refractivity contribution in [3.8, 4) is 11.5 Å². The van der Waals surface area contributed by atoms with Crippen molar-refractivity contribution < 1.29 is 23.0 Å². The van der Waals surface area contributed by atoms with Crippen LogP contribution in [0.25, 0.3) is 10.9 Å². The van der Waals surface area contributed by atoms with Gasteiger partial charge in [0.25, 0.3) is 0 Å². The van der Waals surface area contributed by atoms with Crippen molar-refractivity contribution in [3.05, 3.63) is 53.7 Å². The Kier molecular flexibility index (Phi) is 5.84. The van der Waals surface area contributed by atoms with Crippen molar-refractivity contribution in [1.29, 1.82) is 0 Å². The lowest BCUT2D eigenvalue weighted by Gasteiger charge is -2.46. The van der Waals surface area contributed by atoms with Gasteiger partial charge in [-0.3, -0.25) is 0 Å². The van der Waals surface area contributed by atoms with Crippen molar-refractivity contribution in [3.63, 3.8) is 0 Å². The van der Waals surface area contributed by atoms with Gasteiger partial charge in [0.05, 0.1) is 37.3 Å². The SMILES string of the molecule is COc1cccc(S(=O)(=O)N2CCC3(CC2)CN[C@@H](CO)c2c3c3ccc(OC)cc3n2C)c1. The van der Waals surface area contributed by atoms with E-state index in [0.29, 0.717) is 38.2 Å². The molecule has 1 aromatic heterocycles. The van der Waals surface area contributed by atoms with Gasteiger partial charge in [-0.25, -0.2) is 8.42 Å². The van der Waals surface area contributed by atoms with Crippen LogP contribution in [0.1, 0.15) is 30.1 Å². The third-order valence-electron chi connectivity index (χ3n) is 7.54. The number of methoxy groups -OCH3 is 2. The number of hydrogen-bond acceptors (Lipinski definition) is 6. The van der Waals surface area contributed by atoms with Crippen molar-refractivity contribution in [2.24, 2.45) is 7.05 Å². The quantitative estimate of drug-likeness (QED) is 0.577. The molecular weight excluding hydrogens is 454 g/mol. The number of ether oxygens (including phenoxy) is 2. The highest BCUT2D eigenvalue weighted by atomic mass is 32.2. The molecule has 34 heavy (non-hydrogen) atoms. The maximum atomic E-state index is 13.4. The fourth-order valence-electron chi connectivity index (χ4n) is 5.67. The summed E-state index contributed by atoms with van der Waals surface area (Å²) in [5.41, 5.74) is 3.14. The number of aliphatic hydroxyl groups is 1. The topological polar surface area (TPSA) is 93.0 Å². The number of piperidine rings is 1. The van der Waals surface area contributed by atoms with Crippen LogP contribution in [0.4, 0.5) is 0 Å². The molecule has 0 aliphatic carbocycles. The Morgan fingerprint density at radius 2 is 1.79 bits per heavy atom. The standard InChI is InChI=1S/C25H31N3O5S/c1-27-22-14-18(33-3)7-8-20(22)23-24(27)21(15-29)26-16-25(23)9-11-28(12-10-25)34(30,31)19-6-4-5-17(13-19)32-2/h4-8,13-14,21,26,29H,9-12,15-16H2,1-3H3/t21-/m0/s1. The van der Waals surface area contributed by atoms with E-state index < -0.39 is 10.0 Å². The first-order chi connectivity index (χ1) is 16.3. The van der Waals surface area contributed by atoms with Crippen LogP contribution < -0.4 is 14.8 Å². The van der Waals surface area contributed by atoms with Gasteiger partial charge in [0.1, 0.15) is 11.5 Å². The van der Waals surface area contributed by atoms with Gasteiger partial charge in [0, 0.05) is 55.3 Å². The number of benzene rings is 2. The number of nitrogens with one attached hydrogen (secondary N) is 1. The minimum absolute atomic E-state index is 0.000715. The molecule has 0 amide bonds. The van der Waals surface area contributed by atoms with Gasteiger partial charge in [-0.15, -0.1) is 0 Å². The van der Waals surface area contributed by atoms with E-state index in [9.17, 15) is 13.5 Å². The van der Waals surface area contributed by atoms with Gasteiger partial charge >= 0.3 is 0 Å². The number of hydrogen-bond donors (Lipinski definition) is 2. The third kappa shape index (κ3) is 3.50. The second-order valence-electron chi connectivity index (χ2n) is 9.18. The molecule has 8 nitrogen and oxygen atoms in total. The van der Waals surface area contributed by atoms with Crippen LogP contribution >= 0.6 is 0 Å². The largest absolute Gasteiger partial charge is 0.497 e. The van der Waals surface area contributed by atoms with E-state index in [4.69, 9.17) is 9.47 Å². The van der Waals surface area contributed by atoms with Gasteiger partial charge in [-0.05, 0) is 42.7 Å². The Labute approximate surface area is 200 Å². The van der Waals surface area contributed by atoms with Crippen LogP contribution in [0.2, 0.25) is 0 Å². The van der Waals surface area contributed by atoms with E-state index in [0.717, 1.165) is 22.3 Å². The van der Waals surface area contributed by atoms with E-state index >= 15 is 0 Å². The first-order valence-electron chi connectivity index (χ1n) is 11.5. The fraction of sp³-hybridized carbons (Fsp3) is 0.440. The Bertz CT molecular complexity index is 1330. The molecule has 5 rings (SSSR count). The van der Waals surface area contributed by atoms with Crippen LogP contribution in [0, 0.1) is 0 Å². The van der Waals surface area contributed by atoms with Gasteiger partial charge in [0.2, 0.25) is 10.0 Å². The molecule has 182 valence electrons. The second kappa shape index (κ2) is 8.57. The summed E-state index contributed by atoms with van der Waals surface area (Å²) in [6, 6.07) is 12.6. The zero-order chi connectivity index (χ0) is 24.1. The van der Waals surface area contributed by atoms with Gasteiger partial charge in [0.15, 0.2) is 0 Å². The highest BCUT2D eigenvalue weighted by molar-refractivity contribution is 7.89. The summed E-state index contributed by atoms with van der Waals surface area (Å²) in [5, 5.41) is 14.8. The molecule has 2 N–H and O–H groups in total. The summed E-state index contributed by atoms with van der Waals surface area (Å²) >= 11 is 0. The number of rotatable bonds is 5. The maximum absolute atomic E-state index is 13.4. The lowest BCUT2D eigenvalue weighted by Crippen LogP contribution is -2.53. The minimum Gasteiger partial charge on any atom is -0.497 e. The molecular formula is C25H31N3O5S. The second-order valence-corrected chi connectivity index (χ2v) is 11.1. The van der Waals surface area contributed by atoms with Crippen molar-refractivity contribution >= 4 is 20.9 Å². The molecule has 0 unspecified atom stereocenters. The zero-order valence-corrected chi connectivity index (χ0v) is 20.6. The van der Waals surface area contributed by atoms with E-state index in [-0.39, 0.29) is 23.0 Å². The Morgan fingerprint density at radius 3 is 2.47 bits per heavy atom. The lowest BCUT2D eigenvalue weighted by atomic mass is 9.69. The first-order valence-corrected chi connectivity index (χ1v) is 12.9. The molecule has 3 aromatic rings. The Balaban J connectivity index is 1.52. The predicted octanol–water partition coefficient (Wildman–Crippen LogP) is 2.55. The minimum atomic E-state index is -3.62. The number of aromatic nitrogens is 1. The lowest BCUT2D eigenvalue weighted by molar-refractivity contribution is 0.176. The molecule has 2 aliphatic rings. The first kappa shape index (κ1) is 23.2. The number of aryl methyl sites for hydroxylation is 1. The fourth-order valence-corrected chi connectivity index (χ4v) is 7.15. The average molecular weight is 486 g/mol. The highest BCUT2D eigenvalue weighted by Gasteiger charge is 2.46. The molecule has 2 aliphatic heterocycles. The highest BCUT2D eigenvalue weighted by Crippen LogP contribution is 2.47. The third-order valence-corrected chi connectivity index (χ3v) is 9.44. The normalized spacial score (nSPS) is 20.4. The summed E-state index contributed by atoms with van der Waals surface area (Å²) in [5.74, 6) is 1.31. The van der Waals surface area contributed by atoms with E-state index in [1.54, 1.807) is 35.7 Å². The molecule has 0 radical (unpaired) electrons. The molecule has 9 heteroatoms. The Hall–Kier alpha value is -2.59. The van der Waals surface area contributed by atoms with Crippen LogP contribution in [0.5, 0.6) is 11.5 Å². The van der Waals surface area contributed by atoms with Gasteiger partial charge in [-0.2, -0.15) is 4.31 Å². The summed E-state index contributed by atoms with van der Waals surface area (Å²) in [4.78, 5) is 0.253. The van der Waals surface area contributed by atoms with E-state index in [2.05, 4.69) is 16.0 Å². The molecule has 1 fully saturated rings. The van der Waals surface area contributed by atoms with Crippen LogP contribution in [-0.4, -0.2) is 62.9 Å². The number of fused-ring (bicyclic) bond motifs is 4. The Morgan fingerprint density at radius 1 is 1.09 bits per heavy atom. The number of sulfonamides is 1. The number of aliphatic hydroxyl groups excluding tert-OH is 1. The zero-order valence-electron chi connectivity index (χ0n) is 19.7. The molecule has 3 heterocycles. The number of nitrogens with zero attached hydrogens (tertiary/aromatic N) is 2. The van der Waals surface area contributed by atoms with Crippen molar-refractivity contribution in [1.82, 2.24) is 14.2 Å². The monoisotopic (exact) mass is 485 g/mol. The average Bonchev–Trinajstić information content (AvgIpc) is 3.17. The van der Waals surface area contributed by atoms with Crippen LogP contribution in [-0.2, 0) is 22.5 Å². The van der Waals surface area contributed by atoms with Gasteiger partial charge in [-0.1, -0.05) is 6.07 Å². The van der Waals surface area contributed by atoms with Crippen LogP contribution in [0.15, 0.2) is 47.4 Å². The summed E-state index contributed by atoms with van der Waals surface area (Å²) in [7, 11) is 1.59. The molecule has 0 bridgehead atoms. The smallest absolute Gasteiger partial charge is 0.243 e. The van der Waals surface area contributed by atoms with E-state index in [1.807, 2.05) is 19.2 Å². The summed E-state index contributed by atoms with van der Waals surface area (Å²) in [6.45, 7) is 1.55.